The summed E-state index contributed by atoms with van der Waals surface area (Å²) in [6.07, 6.45) is 0. The zero-order chi connectivity index (χ0) is 19.5. The highest BCUT2D eigenvalue weighted by atomic mass is 35.5. The summed E-state index contributed by atoms with van der Waals surface area (Å²) in [5.41, 5.74) is 5.27. The third-order valence-corrected chi connectivity index (χ3v) is 4.30. The lowest BCUT2D eigenvalue weighted by molar-refractivity contribution is 0.628. The number of para-hydroxylation sites is 1. The number of hydrogen-bond donors (Lipinski definition) is 2. The highest BCUT2D eigenvalue weighted by Gasteiger charge is 2.15. The second-order valence-electron chi connectivity index (χ2n) is 6.02. The summed E-state index contributed by atoms with van der Waals surface area (Å²) < 4.78 is 13.4. The molecule has 0 aliphatic rings. The van der Waals surface area contributed by atoms with Crippen molar-refractivity contribution >= 4 is 34.0 Å². The van der Waals surface area contributed by atoms with Gasteiger partial charge in [0.25, 0.3) is 5.56 Å². The molecule has 0 unspecified atom stereocenters. The van der Waals surface area contributed by atoms with Gasteiger partial charge in [0.05, 0.1) is 16.7 Å². The molecule has 4 aromatic rings. The third-order valence-electron chi connectivity index (χ3n) is 4.07. The average Bonchev–Trinajstić information content (AvgIpc) is 2.71. The summed E-state index contributed by atoms with van der Waals surface area (Å²) >= 11 is 6.05. The number of H-pyrrole nitrogens is 1. The molecule has 0 saturated heterocycles. The van der Waals surface area contributed by atoms with Gasteiger partial charge in [-0.25, -0.2) is 9.37 Å². The molecule has 3 aromatic carbocycles. The molecule has 0 fully saturated rings. The summed E-state index contributed by atoms with van der Waals surface area (Å²) in [7, 11) is 0. The van der Waals surface area contributed by atoms with E-state index in [9.17, 15) is 9.18 Å². The molecule has 7 heteroatoms. The molecule has 0 aliphatic carbocycles. The van der Waals surface area contributed by atoms with Crippen LogP contribution >= 0.6 is 11.6 Å². The maximum atomic E-state index is 13.4. The lowest BCUT2D eigenvalue weighted by atomic mass is 10.1. The van der Waals surface area contributed by atoms with Gasteiger partial charge >= 0.3 is 0 Å². The van der Waals surface area contributed by atoms with Crippen molar-refractivity contribution in [2.45, 2.75) is 0 Å². The van der Waals surface area contributed by atoms with Crippen LogP contribution in [0.15, 0.2) is 82.7 Å². The van der Waals surface area contributed by atoms with Crippen LogP contribution in [0.2, 0.25) is 5.02 Å². The Morgan fingerprint density at radius 3 is 2.54 bits per heavy atom. The van der Waals surface area contributed by atoms with Gasteiger partial charge < -0.3 is 4.98 Å². The SMILES string of the molecule is O=c1[nH]c2ccc(Cl)cc2nc1/C(=N/Nc1ccccc1)c1ccc(F)cc1. The molecule has 0 aliphatic heterocycles. The van der Waals surface area contributed by atoms with E-state index in [1.165, 1.54) is 12.1 Å². The molecule has 0 saturated carbocycles. The fourth-order valence-corrected chi connectivity index (χ4v) is 2.88. The number of nitrogens with zero attached hydrogens (tertiary/aromatic N) is 2. The first-order valence-electron chi connectivity index (χ1n) is 8.45. The molecule has 0 spiro atoms. The van der Waals surface area contributed by atoms with E-state index in [4.69, 9.17) is 11.6 Å². The second-order valence-corrected chi connectivity index (χ2v) is 6.46. The third kappa shape index (κ3) is 3.77. The van der Waals surface area contributed by atoms with E-state index in [1.807, 2.05) is 30.3 Å². The van der Waals surface area contributed by atoms with Gasteiger partial charge in [0.15, 0.2) is 5.69 Å². The summed E-state index contributed by atoms with van der Waals surface area (Å²) in [5, 5.41) is 4.88. The van der Waals surface area contributed by atoms with Crippen molar-refractivity contribution in [2.24, 2.45) is 5.10 Å². The van der Waals surface area contributed by atoms with Crippen LogP contribution in [0, 0.1) is 5.82 Å². The Morgan fingerprint density at radius 2 is 1.79 bits per heavy atom. The van der Waals surface area contributed by atoms with Crippen LogP contribution in [0.5, 0.6) is 0 Å². The average molecular weight is 393 g/mol. The van der Waals surface area contributed by atoms with Crippen molar-refractivity contribution in [1.82, 2.24) is 9.97 Å². The number of hydrazone groups is 1. The minimum Gasteiger partial charge on any atom is -0.319 e. The topological polar surface area (TPSA) is 70.1 Å². The molecular formula is C21H14ClFN4O. The Hall–Kier alpha value is -3.51. The highest BCUT2D eigenvalue weighted by Crippen LogP contribution is 2.17. The van der Waals surface area contributed by atoms with E-state index in [-0.39, 0.29) is 17.2 Å². The fourth-order valence-electron chi connectivity index (χ4n) is 2.71. The summed E-state index contributed by atoms with van der Waals surface area (Å²) in [6.45, 7) is 0. The van der Waals surface area contributed by atoms with Crippen molar-refractivity contribution in [3.8, 4) is 0 Å². The maximum absolute atomic E-state index is 13.4. The molecular weight excluding hydrogens is 379 g/mol. The van der Waals surface area contributed by atoms with Crippen LogP contribution in [0.4, 0.5) is 10.1 Å². The van der Waals surface area contributed by atoms with Crippen molar-refractivity contribution in [3.63, 3.8) is 0 Å². The molecule has 4 rings (SSSR count). The van der Waals surface area contributed by atoms with Crippen LogP contribution in [-0.4, -0.2) is 15.7 Å². The molecule has 0 atom stereocenters. The van der Waals surface area contributed by atoms with E-state index >= 15 is 0 Å². The number of aromatic amines is 1. The van der Waals surface area contributed by atoms with Crippen LogP contribution in [0.3, 0.4) is 0 Å². The van der Waals surface area contributed by atoms with E-state index in [0.29, 0.717) is 21.6 Å². The molecule has 0 amide bonds. The minimum absolute atomic E-state index is 0.102. The van der Waals surface area contributed by atoms with Crippen LogP contribution < -0.4 is 11.0 Å². The van der Waals surface area contributed by atoms with Gasteiger partial charge in [-0.05, 0) is 54.6 Å². The maximum Gasteiger partial charge on any atom is 0.276 e. The zero-order valence-electron chi connectivity index (χ0n) is 14.5. The predicted octanol–water partition coefficient (Wildman–Crippen LogP) is 4.58. The van der Waals surface area contributed by atoms with Crippen molar-refractivity contribution < 1.29 is 4.39 Å². The van der Waals surface area contributed by atoms with Gasteiger partial charge in [-0.2, -0.15) is 5.10 Å². The Balaban J connectivity index is 1.87. The number of halogens is 2. The van der Waals surface area contributed by atoms with Crippen molar-refractivity contribution in [2.75, 3.05) is 5.43 Å². The van der Waals surface area contributed by atoms with Gasteiger partial charge in [-0.3, -0.25) is 10.2 Å². The lowest BCUT2D eigenvalue weighted by Gasteiger charge is -2.09. The number of rotatable bonds is 4. The van der Waals surface area contributed by atoms with Crippen LogP contribution in [0.1, 0.15) is 11.3 Å². The zero-order valence-corrected chi connectivity index (χ0v) is 15.2. The standard InChI is InChI=1S/C21H14ClFN4O/c22-14-8-11-17-18(12-14)24-20(21(28)25-17)19(13-6-9-15(23)10-7-13)27-26-16-4-2-1-3-5-16/h1-12,26H,(H,25,28)/b27-19+. The second kappa shape index (κ2) is 7.62. The van der Waals surface area contributed by atoms with Gasteiger partial charge in [0.2, 0.25) is 0 Å². The Bertz CT molecular complexity index is 1220. The predicted molar refractivity (Wildman–Crippen MR) is 109 cm³/mol. The summed E-state index contributed by atoms with van der Waals surface area (Å²) in [6, 6.07) is 20.0. The van der Waals surface area contributed by atoms with Crippen LogP contribution in [-0.2, 0) is 0 Å². The molecule has 0 bridgehead atoms. The van der Waals surface area contributed by atoms with Crippen LogP contribution in [0.25, 0.3) is 11.0 Å². The Labute approximate surface area is 164 Å². The van der Waals surface area contributed by atoms with Crippen molar-refractivity contribution in [3.05, 3.63) is 105 Å². The number of aromatic nitrogens is 2. The van der Waals surface area contributed by atoms with E-state index in [0.717, 1.165) is 5.69 Å². The Morgan fingerprint density at radius 1 is 1.04 bits per heavy atom. The van der Waals surface area contributed by atoms with Gasteiger partial charge in [0, 0.05) is 10.6 Å². The molecule has 2 N–H and O–H groups in total. The van der Waals surface area contributed by atoms with Crippen molar-refractivity contribution in [1.29, 1.82) is 0 Å². The quantitative estimate of drug-likeness (QED) is 0.394. The van der Waals surface area contributed by atoms with Gasteiger partial charge in [-0.15, -0.1) is 0 Å². The molecule has 1 aromatic heterocycles. The Kier molecular flexibility index (Phi) is 4.87. The number of nitrogens with one attached hydrogen (secondary N) is 2. The van der Waals surface area contributed by atoms with Gasteiger partial charge in [-0.1, -0.05) is 29.8 Å². The highest BCUT2D eigenvalue weighted by molar-refractivity contribution is 6.31. The summed E-state index contributed by atoms with van der Waals surface area (Å²) in [4.78, 5) is 19.9. The number of fused-ring (bicyclic) bond motifs is 1. The first kappa shape index (κ1) is 17.9. The van der Waals surface area contributed by atoms with E-state index in [2.05, 4.69) is 20.5 Å². The minimum atomic E-state index is -0.409. The molecule has 5 nitrogen and oxygen atoms in total. The van der Waals surface area contributed by atoms with Gasteiger partial charge in [0.1, 0.15) is 11.5 Å². The normalized spacial score (nSPS) is 11.6. The first-order valence-corrected chi connectivity index (χ1v) is 8.82. The smallest absolute Gasteiger partial charge is 0.276 e. The number of benzene rings is 3. The monoisotopic (exact) mass is 392 g/mol. The fraction of sp³-hybridized carbons (Fsp3) is 0. The lowest BCUT2D eigenvalue weighted by Crippen LogP contribution is -2.22. The largest absolute Gasteiger partial charge is 0.319 e. The molecule has 1 heterocycles. The number of hydrogen-bond acceptors (Lipinski definition) is 4. The van der Waals surface area contributed by atoms with E-state index < -0.39 is 5.56 Å². The van der Waals surface area contributed by atoms with E-state index in [1.54, 1.807) is 30.3 Å². The first-order chi connectivity index (χ1) is 13.6. The molecule has 138 valence electrons. The summed E-state index contributed by atoms with van der Waals surface area (Å²) in [5.74, 6) is -0.383. The molecule has 28 heavy (non-hydrogen) atoms. The number of anilines is 1. The molecule has 0 radical (unpaired) electrons.